The molecule has 0 spiro atoms. The molecule has 1 amide bonds. The number of aromatic nitrogens is 8. The van der Waals surface area contributed by atoms with Gasteiger partial charge in [-0.2, -0.15) is 5.10 Å². The van der Waals surface area contributed by atoms with E-state index >= 15 is 0 Å². The van der Waals surface area contributed by atoms with Gasteiger partial charge in [0.15, 0.2) is 11.5 Å². The quantitative estimate of drug-likeness (QED) is 0.585. The van der Waals surface area contributed by atoms with Crippen LogP contribution in [0.25, 0.3) is 11.6 Å². The monoisotopic (exact) mass is 361 g/mol. The maximum atomic E-state index is 12.4. The summed E-state index contributed by atoms with van der Waals surface area (Å²) in [6.45, 7) is 3.83. The van der Waals surface area contributed by atoms with Crippen molar-refractivity contribution in [1.29, 1.82) is 0 Å². The number of nitrogens with one attached hydrogen (secondary N) is 1. The summed E-state index contributed by atoms with van der Waals surface area (Å²) in [6, 6.07) is 6.86. The predicted octanol–water partition coefficient (Wildman–Crippen LogP) is 1.51. The van der Waals surface area contributed by atoms with Crippen molar-refractivity contribution in [2.45, 2.75) is 13.8 Å². The lowest BCUT2D eigenvalue weighted by Gasteiger charge is -2.06. The molecule has 27 heavy (non-hydrogen) atoms. The molecule has 0 aliphatic carbocycles. The average Bonchev–Trinajstić information content (AvgIpc) is 3.32. The van der Waals surface area contributed by atoms with E-state index in [2.05, 4.69) is 35.6 Å². The first kappa shape index (κ1) is 16.5. The van der Waals surface area contributed by atoms with Crippen LogP contribution in [0.5, 0.6) is 0 Å². The minimum absolute atomic E-state index is 0.170. The molecule has 0 atom stereocenters. The molecule has 4 aromatic heterocycles. The fourth-order valence-corrected chi connectivity index (χ4v) is 2.55. The Morgan fingerprint density at radius 1 is 1.07 bits per heavy atom. The summed E-state index contributed by atoms with van der Waals surface area (Å²) in [5.74, 6) is 1.06. The maximum Gasteiger partial charge on any atom is 0.277 e. The van der Waals surface area contributed by atoms with E-state index in [1.54, 1.807) is 46.2 Å². The fourth-order valence-electron chi connectivity index (χ4n) is 2.55. The number of hydrogen-bond acceptors (Lipinski definition) is 7. The van der Waals surface area contributed by atoms with Gasteiger partial charge in [-0.05, 0) is 32.0 Å². The second-order valence-corrected chi connectivity index (χ2v) is 5.80. The van der Waals surface area contributed by atoms with Gasteiger partial charge in [0.05, 0.1) is 5.69 Å². The van der Waals surface area contributed by atoms with Crippen molar-refractivity contribution in [3.63, 3.8) is 0 Å². The zero-order valence-electron chi connectivity index (χ0n) is 14.6. The molecule has 0 aromatic carbocycles. The van der Waals surface area contributed by atoms with Gasteiger partial charge in [0.25, 0.3) is 5.91 Å². The van der Waals surface area contributed by atoms with E-state index in [1.807, 2.05) is 19.9 Å². The number of imidazole rings is 1. The molecule has 10 nitrogen and oxygen atoms in total. The summed E-state index contributed by atoms with van der Waals surface area (Å²) >= 11 is 0. The largest absolute Gasteiger partial charge is 0.305 e. The molecular weight excluding hydrogens is 346 g/mol. The highest BCUT2D eigenvalue weighted by molar-refractivity contribution is 6.02. The molecule has 0 unspecified atom stereocenters. The highest BCUT2D eigenvalue weighted by Gasteiger charge is 2.12. The number of carbonyl (C=O) groups is 1. The van der Waals surface area contributed by atoms with E-state index in [1.165, 1.54) is 6.33 Å². The normalized spacial score (nSPS) is 10.7. The van der Waals surface area contributed by atoms with Crippen molar-refractivity contribution in [3.05, 3.63) is 66.4 Å². The predicted molar refractivity (Wildman–Crippen MR) is 95.7 cm³/mol. The average molecular weight is 361 g/mol. The third kappa shape index (κ3) is 3.40. The summed E-state index contributed by atoms with van der Waals surface area (Å²) in [4.78, 5) is 24.6. The maximum absolute atomic E-state index is 12.4. The van der Waals surface area contributed by atoms with Crippen molar-refractivity contribution in [2.75, 3.05) is 5.32 Å². The van der Waals surface area contributed by atoms with Gasteiger partial charge in [-0.15, -0.1) is 10.2 Å². The minimum atomic E-state index is -0.419. The van der Waals surface area contributed by atoms with Crippen LogP contribution in [0.15, 0.2) is 49.3 Å². The lowest BCUT2D eigenvalue weighted by Crippen LogP contribution is -2.16. The van der Waals surface area contributed by atoms with Crippen molar-refractivity contribution >= 4 is 11.7 Å². The standard InChI is InChI=1S/C17H15N9O/c1-11-7-12(2)26(24-11)15-4-3-13(22-23-15)17(27)21-14-8-16(20-9-19-14)25-6-5-18-10-25/h3-10H,1-2H3,(H,19,20,21,27). The number of nitrogens with zero attached hydrogens (tertiary/aromatic N) is 8. The van der Waals surface area contributed by atoms with Crippen LogP contribution in [-0.2, 0) is 0 Å². The van der Waals surface area contributed by atoms with Crippen LogP contribution in [0.3, 0.4) is 0 Å². The number of amides is 1. The number of rotatable bonds is 4. The van der Waals surface area contributed by atoms with Gasteiger partial charge in [0, 0.05) is 24.2 Å². The molecule has 0 saturated carbocycles. The topological polar surface area (TPSA) is 116 Å². The summed E-state index contributed by atoms with van der Waals surface area (Å²) in [5, 5.41) is 15.1. The molecule has 0 fully saturated rings. The van der Waals surface area contributed by atoms with E-state index in [4.69, 9.17) is 0 Å². The van der Waals surface area contributed by atoms with E-state index in [-0.39, 0.29) is 5.69 Å². The molecule has 10 heteroatoms. The first-order valence-electron chi connectivity index (χ1n) is 8.09. The van der Waals surface area contributed by atoms with Gasteiger partial charge in [0.1, 0.15) is 24.3 Å². The van der Waals surface area contributed by atoms with Gasteiger partial charge in [0.2, 0.25) is 0 Å². The Balaban J connectivity index is 1.52. The van der Waals surface area contributed by atoms with Crippen LogP contribution in [0.1, 0.15) is 21.9 Å². The molecule has 4 heterocycles. The summed E-state index contributed by atoms with van der Waals surface area (Å²) in [6.07, 6.45) is 6.36. The van der Waals surface area contributed by atoms with Gasteiger partial charge in [-0.25, -0.2) is 19.6 Å². The van der Waals surface area contributed by atoms with Crippen molar-refractivity contribution in [1.82, 2.24) is 39.5 Å². The van der Waals surface area contributed by atoms with Gasteiger partial charge < -0.3 is 5.32 Å². The summed E-state index contributed by atoms with van der Waals surface area (Å²) in [7, 11) is 0. The van der Waals surface area contributed by atoms with E-state index in [0.717, 1.165) is 11.4 Å². The van der Waals surface area contributed by atoms with Crippen LogP contribution in [0.2, 0.25) is 0 Å². The van der Waals surface area contributed by atoms with Crippen molar-refractivity contribution in [3.8, 4) is 11.6 Å². The Morgan fingerprint density at radius 3 is 2.63 bits per heavy atom. The summed E-state index contributed by atoms with van der Waals surface area (Å²) in [5.41, 5.74) is 1.99. The van der Waals surface area contributed by atoms with Crippen LogP contribution in [0.4, 0.5) is 5.82 Å². The second kappa shape index (κ2) is 6.75. The highest BCUT2D eigenvalue weighted by Crippen LogP contribution is 2.11. The zero-order chi connectivity index (χ0) is 18.8. The van der Waals surface area contributed by atoms with Crippen molar-refractivity contribution in [2.24, 2.45) is 0 Å². The SMILES string of the molecule is Cc1cc(C)n(-c2ccc(C(=O)Nc3cc(-n4ccnc4)ncn3)nn2)n1. The van der Waals surface area contributed by atoms with Crippen LogP contribution in [0, 0.1) is 13.8 Å². The number of carbonyl (C=O) groups excluding carboxylic acids is 1. The number of aryl methyl sites for hydroxylation is 2. The minimum Gasteiger partial charge on any atom is -0.305 e. The second-order valence-electron chi connectivity index (χ2n) is 5.80. The lowest BCUT2D eigenvalue weighted by atomic mass is 10.3. The van der Waals surface area contributed by atoms with Gasteiger partial charge >= 0.3 is 0 Å². The van der Waals surface area contributed by atoms with Crippen LogP contribution in [-0.4, -0.2) is 45.4 Å². The Kier molecular flexibility index (Phi) is 4.13. The number of hydrogen-bond donors (Lipinski definition) is 1. The first-order valence-corrected chi connectivity index (χ1v) is 8.09. The molecular formula is C17H15N9O. The summed E-state index contributed by atoms with van der Waals surface area (Å²) < 4.78 is 3.38. The Hall–Kier alpha value is -3.95. The fraction of sp³-hybridized carbons (Fsp3) is 0.118. The van der Waals surface area contributed by atoms with Crippen LogP contribution < -0.4 is 5.32 Å². The molecule has 1 N–H and O–H groups in total. The van der Waals surface area contributed by atoms with E-state index in [0.29, 0.717) is 17.5 Å². The molecule has 134 valence electrons. The van der Waals surface area contributed by atoms with E-state index in [9.17, 15) is 4.79 Å². The van der Waals surface area contributed by atoms with Crippen molar-refractivity contribution < 1.29 is 4.79 Å². The zero-order valence-corrected chi connectivity index (χ0v) is 14.6. The third-order valence-corrected chi connectivity index (χ3v) is 3.77. The van der Waals surface area contributed by atoms with Gasteiger partial charge in [-0.3, -0.25) is 9.36 Å². The molecule has 0 radical (unpaired) electrons. The molecule has 0 saturated heterocycles. The molecule has 0 bridgehead atoms. The lowest BCUT2D eigenvalue weighted by molar-refractivity contribution is 0.102. The molecule has 4 aromatic rings. The first-order chi connectivity index (χ1) is 13.1. The third-order valence-electron chi connectivity index (χ3n) is 3.77. The molecule has 0 aliphatic rings. The Morgan fingerprint density at radius 2 is 1.96 bits per heavy atom. The smallest absolute Gasteiger partial charge is 0.277 e. The Bertz CT molecular complexity index is 1080. The Labute approximate surface area is 154 Å². The number of anilines is 1. The van der Waals surface area contributed by atoms with E-state index < -0.39 is 5.91 Å². The van der Waals surface area contributed by atoms with Crippen LogP contribution >= 0.6 is 0 Å². The molecule has 0 aliphatic heterocycles. The molecule has 4 rings (SSSR count). The highest BCUT2D eigenvalue weighted by atomic mass is 16.2. The van der Waals surface area contributed by atoms with Gasteiger partial charge in [-0.1, -0.05) is 0 Å².